The highest BCUT2D eigenvalue weighted by Gasteiger charge is 2.40. The molecule has 1 aliphatic heterocycles. The van der Waals surface area contributed by atoms with Crippen LogP contribution in [0.25, 0.3) is 0 Å². The molecule has 4 rings (SSSR count). The van der Waals surface area contributed by atoms with Gasteiger partial charge in [0, 0.05) is 31.1 Å². The summed E-state index contributed by atoms with van der Waals surface area (Å²) in [6.45, 7) is 0.506. The molecule has 2 saturated carbocycles. The SMILES string of the molecule is O=C(CC1CCC(=O)N1Cc1ccccn1)NC1CC2CCC1C2. The molecule has 128 valence electrons. The predicted octanol–water partition coefficient (Wildman–Crippen LogP) is 2.27. The minimum absolute atomic E-state index is 0.0121. The Morgan fingerprint density at radius 3 is 2.88 bits per heavy atom. The molecule has 24 heavy (non-hydrogen) atoms. The Balaban J connectivity index is 1.34. The van der Waals surface area contributed by atoms with Gasteiger partial charge in [-0.05, 0) is 49.7 Å². The van der Waals surface area contributed by atoms with Crippen LogP contribution in [0.5, 0.6) is 0 Å². The second-order valence-electron chi connectivity index (χ2n) is 7.59. The lowest BCUT2D eigenvalue weighted by molar-refractivity contribution is -0.130. The number of carbonyl (C=O) groups is 2. The van der Waals surface area contributed by atoms with E-state index in [0.717, 1.165) is 24.5 Å². The molecule has 4 atom stereocenters. The van der Waals surface area contributed by atoms with Gasteiger partial charge in [-0.25, -0.2) is 0 Å². The lowest BCUT2D eigenvalue weighted by Gasteiger charge is -2.27. The molecule has 2 heterocycles. The number of rotatable bonds is 5. The molecule has 2 amide bonds. The van der Waals surface area contributed by atoms with E-state index in [2.05, 4.69) is 10.3 Å². The van der Waals surface area contributed by atoms with Crippen molar-refractivity contribution in [3.8, 4) is 0 Å². The first-order chi connectivity index (χ1) is 11.7. The van der Waals surface area contributed by atoms with Crippen molar-refractivity contribution < 1.29 is 9.59 Å². The van der Waals surface area contributed by atoms with Crippen LogP contribution in [0.15, 0.2) is 24.4 Å². The number of carbonyl (C=O) groups excluding carboxylic acids is 2. The third kappa shape index (κ3) is 3.17. The van der Waals surface area contributed by atoms with Crippen LogP contribution in [0.3, 0.4) is 0 Å². The van der Waals surface area contributed by atoms with Gasteiger partial charge in [0.25, 0.3) is 0 Å². The Labute approximate surface area is 142 Å². The van der Waals surface area contributed by atoms with E-state index in [1.807, 2.05) is 23.1 Å². The fraction of sp³-hybridized carbons (Fsp3) is 0.632. The average molecular weight is 327 g/mol. The molecule has 5 nitrogen and oxygen atoms in total. The Hall–Kier alpha value is -1.91. The van der Waals surface area contributed by atoms with Gasteiger partial charge in [0.05, 0.1) is 12.2 Å². The van der Waals surface area contributed by atoms with Crippen LogP contribution >= 0.6 is 0 Å². The molecule has 3 aliphatic rings. The van der Waals surface area contributed by atoms with Crippen LogP contribution in [-0.4, -0.2) is 33.8 Å². The number of likely N-dealkylation sites (tertiary alicyclic amines) is 1. The number of nitrogens with zero attached hydrogens (tertiary/aromatic N) is 2. The molecule has 0 radical (unpaired) electrons. The van der Waals surface area contributed by atoms with Crippen molar-refractivity contribution >= 4 is 11.8 Å². The number of hydrogen-bond donors (Lipinski definition) is 1. The molecule has 5 heteroatoms. The maximum absolute atomic E-state index is 12.5. The molecular formula is C19H25N3O2. The summed E-state index contributed by atoms with van der Waals surface area (Å²) in [5, 5.41) is 3.24. The van der Waals surface area contributed by atoms with E-state index < -0.39 is 0 Å². The fourth-order valence-corrected chi connectivity index (χ4v) is 4.79. The normalized spacial score (nSPS) is 31.7. The summed E-state index contributed by atoms with van der Waals surface area (Å²) in [5.41, 5.74) is 0.881. The Bertz CT molecular complexity index is 618. The van der Waals surface area contributed by atoms with Gasteiger partial charge in [-0.1, -0.05) is 12.5 Å². The molecule has 3 fully saturated rings. The van der Waals surface area contributed by atoms with Gasteiger partial charge in [-0.2, -0.15) is 0 Å². The van der Waals surface area contributed by atoms with Crippen LogP contribution in [0, 0.1) is 11.8 Å². The summed E-state index contributed by atoms with van der Waals surface area (Å²) < 4.78 is 0. The molecule has 4 unspecified atom stereocenters. The first-order valence-corrected chi connectivity index (χ1v) is 9.18. The van der Waals surface area contributed by atoms with Crippen molar-refractivity contribution in [1.82, 2.24) is 15.2 Å². The Morgan fingerprint density at radius 2 is 2.17 bits per heavy atom. The first-order valence-electron chi connectivity index (χ1n) is 9.18. The molecule has 2 bridgehead atoms. The van der Waals surface area contributed by atoms with E-state index in [0.29, 0.717) is 31.3 Å². The second kappa shape index (κ2) is 6.54. The molecule has 1 saturated heterocycles. The van der Waals surface area contributed by atoms with Crippen LogP contribution in [0.1, 0.15) is 50.6 Å². The van der Waals surface area contributed by atoms with Gasteiger partial charge in [0.2, 0.25) is 11.8 Å². The lowest BCUT2D eigenvalue weighted by Crippen LogP contribution is -2.42. The largest absolute Gasteiger partial charge is 0.353 e. The fourth-order valence-electron chi connectivity index (χ4n) is 4.79. The Kier molecular flexibility index (Phi) is 4.25. The molecule has 0 aromatic carbocycles. The zero-order valence-electron chi connectivity index (χ0n) is 14.0. The van der Waals surface area contributed by atoms with Crippen LogP contribution in [-0.2, 0) is 16.1 Å². The van der Waals surface area contributed by atoms with Gasteiger partial charge in [-0.15, -0.1) is 0 Å². The van der Waals surface area contributed by atoms with Crippen molar-refractivity contribution in [2.24, 2.45) is 11.8 Å². The van der Waals surface area contributed by atoms with Crippen molar-refractivity contribution in [3.63, 3.8) is 0 Å². The number of fused-ring (bicyclic) bond motifs is 2. The highest BCUT2D eigenvalue weighted by molar-refractivity contribution is 5.82. The van der Waals surface area contributed by atoms with Crippen LogP contribution < -0.4 is 5.32 Å². The van der Waals surface area contributed by atoms with E-state index >= 15 is 0 Å². The topological polar surface area (TPSA) is 62.3 Å². The Morgan fingerprint density at radius 1 is 1.25 bits per heavy atom. The van der Waals surface area contributed by atoms with E-state index in [1.165, 1.54) is 19.3 Å². The minimum atomic E-state index is 0.0121. The molecule has 0 spiro atoms. The summed E-state index contributed by atoms with van der Waals surface area (Å²) in [5.74, 6) is 1.76. The van der Waals surface area contributed by atoms with Gasteiger partial charge in [0.1, 0.15) is 0 Å². The third-order valence-corrected chi connectivity index (χ3v) is 6.02. The summed E-state index contributed by atoms with van der Waals surface area (Å²) in [7, 11) is 0. The summed E-state index contributed by atoms with van der Waals surface area (Å²) in [4.78, 5) is 30.8. The molecule has 1 aromatic rings. The van der Waals surface area contributed by atoms with Crippen molar-refractivity contribution in [2.75, 3.05) is 0 Å². The maximum atomic E-state index is 12.5. The van der Waals surface area contributed by atoms with Gasteiger partial charge in [0.15, 0.2) is 0 Å². The van der Waals surface area contributed by atoms with Crippen molar-refractivity contribution in [2.45, 2.75) is 63.6 Å². The lowest BCUT2D eigenvalue weighted by atomic mass is 9.95. The zero-order chi connectivity index (χ0) is 16.5. The maximum Gasteiger partial charge on any atom is 0.223 e. The molecular weight excluding hydrogens is 302 g/mol. The zero-order valence-corrected chi connectivity index (χ0v) is 14.0. The van der Waals surface area contributed by atoms with Crippen molar-refractivity contribution in [3.05, 3.63) is 30.1 Å². The predicted molar refractivity (Wildman–Crippen MR) is 89.8 cm³/mol. The van der Waals surface area contributed by atoms with E-state index in [9.17, 15) is 9.59 Å². The third-order valence-electron chi connectivity index (χ3n) is 6.02. The van der Waals surface area contributed by atoms with E-state index in [1.54, 1.807) is 6.20 Å². The van der Waals surface area contributed by atoms with Gasteiger partial charge >= 0.3 is 0 Å². The summed E-state index contributed by atoms with van der Waals surface area (Å²) >= 11 is 0. The first kappa shape index (κ1) is 15.6. The number of nitrogens with one attached hydrogen (secondary N) is 1. The summed E-state index contributed by atoms with van der Waals surface area (Å²) in [6.07, 6.45) is 8.53. The van der Waals surface area contributed by atoms with E-state index in [-0.39, 0.29) is 17.9 Å². The van der Waals surface area contributed by atoms with Crippen LogP contribution in [0.4, 0.5) is 0 Å². The monoisotopic (exact) mass is 327 g/mol. The molecule has 1 aromatic heterocycles. The average Bonchev–Trinajstić information content (AvgIpc) is 3.27. The second-order valence-corrected chi connectivity index (χ2v) is 7.59. The van der Waals surface area contributed by atoms with Gasteiger partial charge in [-0.3, -0.25) is 14.6 Å². The van der Waals surface area contributed by atoms with E-state index in [4.69, 9.17) is 0 Å². The van der Waals surface area contributed by atoms with Crippen LogP contribution in [0.2, 0.25) is 0 Å². The highest BCUT2D eigenvalue weighted by atomic mass is 16.2. The molecule has 2 aliphatic carbocycles. The number of hydrogen-bond acceptors (Lipinski definition) is 3. The minimum Gasteiger partial charge on any atom is -0.353 e. The quantitative estimate of drug-likeness (QED) is 0.902. The van der Waals surface area contributed by atoms with Gasteiger partial charge < -0.3 is 10.2 Å². The number of amides is 2. The smallest absolute Gasteiger partial charge is 0.223 e. The van der Waals surface area contributed by atoms with Crippen molar-refractivity contribution in [1.29, 1.82) is 0 Å². The standard InChI is InChI=1S/C19H25N3O2/c23-18(21-17-10-13-4-5-14(17)9-13)11-16-6-7-19(24)22(16)12-15-3-1-2-8-20-15/h1-3,8,13-14,16-17H,4-7,9-12H2,(H,21,23). The summed E-state index contributed by atoms with van der Waals surface area (Å²) in [6, 6.07) is 6.11. The number of aromatic nitrogens is 1. The molecule has 1 N–H and O–H groups in total. The highest BCUT2D eigenvalue weighted by Crippen LogP contribution is 2.44. The number of pyridine rings is 1.